The van der Waals surface area contributed by atoms with Gasteiger partial charge < -0.3 is 25.2 Å². The van der Waals surface area contributed by atoms with Gasteiger partial charge in [-0.05, 0) is 24.3 Å². The molecule has 2 aromatic carbocycles. The maximum Gasteiger partial charge on any atom is 0.262 e. The number of hydrogen-bond acceptors (Lipinski definition) is 5. The Morgan fingerprint density at radius 2 is 1.87 bits per heavy atom. The minimum Gasteiger partial charge on any atom is -0.477 e. The summed E-state index contributed by atoms with van der Waals surface area (Å²) in [6, 6.07) is 14.1. The summed E-state index contributed by atoms with van der Waals surface area (Å²) in [5.74, 6) is -0.361. The third-order valence-corrected chi connectivity index (χ3v) is 5.01. The Morgan fingerprint density at radius 3 is 2.60 bits per heavy atom. The van der Waals surface area contributed by atoms with Gasteiger partial charge in [-0.1, -0.05) is 35.9 Å². The van der Waals surface area contributed by atoms with Crippen LogP contribution in [0.4, 0.5) is 11.4 Å². The normalized spacial score (nSPS) is 14.9. The average molecular weight is 431 g/mol. The number of carbonyl (C=O) groups excluding carboxylic acids is 3. The highest BCUT2D eigenvalue weighted by Crippen LogP contribution is 2.33. The van der Waals surface area contributed by atoms with Gasteiger partial charge in [0.2, 0.25) is 11.8 Å². The molecule has 2 aromatic rings. The molecule has 1 aliphatic heterocycles. The van der Waals surface area contributed by atoms with Crippen molar-refractivity contribution in [1.82, 2.24) is 10.2 Å². The predicted molar refractivity (Wildman–Crippen MR) is 115 cm³/mol. The fourth-order valence-electron chi connectivity index (χ4n) is 3.09. The first-order chi connectivity index (χ1) is 14.4. The van der Waals surface area contributed by atoms with Gasteiger partial charge in [-0.2, -0.15) is 0 Å². The first-order valence-corrected chi connectivity index (χ1v) is 9.77. The van der Waals surface area contributed by atoms with Crippen LogP contribution in [0.3, 0.4) is 0 Å². The number of nitrogens with zero attached hydrogens (tertiary/aromatic N) is 2. The van der Waals surface area contributed by atoms with Crippen LogP contribution in [0.2, 0.25) is 5.02 Å². The maximum atomic E-state index is 12.8. The van der Waals surface area contributed by atoms with Gasteiger partial charge in [0.25, 0.3) is 5.91 Å². The number of fused-ring (bicyclic) bond motifs is 1. The van der Waals surface area contributed by atoms with E-state index in [9.17, 15) is 14.4 Å². The number of rotatable bonds is 6. The number of likely N-dealkylation sites (N-methyl/N-ethyl adjacent to an activating group) is 2. The quantitative estimate of drug-likeness (QED) is 0.728. The summed E-state index contributed by atoms with van der Waals surface area (Å²) in [6.07, 6.45) is -0.730. The zero-order valence-corrected chi connectivity index (χ0v) is 17.5. The zero-order valence-electron chi connectivity index (χ0n) is 16.7. The molecule has 2 N–H and O–H groups in total. The first-order valence-electron chi connectivity index (χ1n) is 9.39. The second kappa shape index (κ2) is 9.49. The molecule has 0 radical (unpaired) electrons. The lowest BCUT2D eigenvalue weighted by Gasteiger charge is -2.35. The molecule has 8 nitrogen and oxygen atoms in total. The number of benzene rings is 2. The number of amides is 3. The molecule has 0 aliphatic carbocycles. The van der Waals surface area contributed by atoms with E-state index in [1.165, 1.54) is 11.9 Å². The van der Waals surface area contributed by atoms with Crippen LogP contribution in [0.25, 0.3) is 0 Å². The van der Waals surface area contributed by atoms with Crippen LogP contribution in [-0.4, -0.2) is 62.5 Å². The van der Waals surface area contributed by atoms with Crippen LogP contribution in [0, 0.1) is 0 Å². The molecule has 9 heteroatoms. The maximum absolute atomic E-state index is 12.8. The van der Waals surface area contributed by atoms with E-state index in [0.717, 1.165) is 5.69 Å². The smallest absolute Gasteiger partial charge is 0.262 e. The molecule has 3 rings (SSSR count). The van der Waals surface area contributed by atoms with Crippen LogP contribution < -0.4 is 20.3 Å². The van der Waals surface area contributed by atoms with E-state index in [-0.39, 0.29) is 37.4 Å². The monoisotopic (exact) mass is 430 g/mol. The highest BCUT2D eigenvalue weighted by atomic mass is 35.5. The van der Waals surface area contributed by atoms with Crippen molar-refractivity contribution in [2.24, 2.45) is 0 Å². The Kier molecular flexibility index (Phi) is 6.79. The Balaban J connectivity index is 1.64. The van der Waals surface area contributed by atoms with Gasteiger partial charge in [-0.25, -0.2) is 0 Å². The lowest BCUT2D eigenvalue weighted by atomic mass is 10.1. The van der Waals surface area contributed by atoms with Gasteiger partial charge in [0.1, 0.15) is 5.75 Å². The standard InChI is InChI=1S/C21H23ClN4O4/c1-23-21(29)18-11-26(16-9-5-6-10-17(16)30-18)13-20(28)25(2)12-19(27)24-15-8-4-3-7-14(15)22/h3-10,18H,11-13H2,1-2H3,(H,23,29)(H,24,27). The molecule has 3 amide bonds. The SMILES string of the molecule is CNC(=O)C1CN(CC(=O)N(C)CC(=O)Nc2ccccc2Cl)c2ccccc2O1. The minimum absolute atomic E-state index is 0.00371. The van der Waals surface area contributed by atoms with Crippen LogP contribution in [0.1, 0.15) is 0 Å². The Hall–Kier alpha value is -3.26. The molecule has 0 saturated carbocycles. The molecular formula is C21H23ClN4O4. The number of ether oxygens (including phenoxy) is 1. The van der Waals surface area contributed by atoms with Crippen molar-refractivity contribution in [3.63, 3.8) is 0 Å². The third kappa shape index (κ3) is 5.01. The Morgan fingerprint density at radius 1 is 1.17 bits per heavy atom. The number of para-hydroxylation sites is 3. The number of carbonyl (C=O) groups is 3. The van der Waals surface area contributed by atoms with Crippen LogP contribution >= 0.6 is 11.6 Å². The van der Waals surface area contributed by atoms with Crippen molar-refractivity contribution in [1.29, 1.82) is 0 Å². The molecule has 0 bridgehead atoms. The fraction of sp³-hybridized carbons (Fsp3) is 0.286. The van der Waals surface area contributed by atoms with Gasteiger partial charge >= 0.3 is 0 Å². The highest BCUT2D eigenvalue weighted by Gasteiger charge is 2.31. The Labute approximate surface area is 179 Å². The van der Waals surface area contributed by atoms with E-state index in [0.29, 0.717) is 16.5 Å². The average Bonchev–Trinajstić information content (AvgIpc) is 2.74. The molecule has 0 aromatic heterocycles. The summed E-state index contributed by atoms with van der Waals surface area (Å²) in [5, 5.41) is 5.68. The van der Waals surface area contributed by atoms with Crippen molar-refractivity contribution in [3.05, 3.63) is 53.6 Å². The molecule has 1 atom stereocenters. The summed E-state index contributed by atoms with van der Waals surface area (Å²) in [7, 11) is 3.09. The highest BCUT2D eigenvalue weighted by molar-refractivity contribution is 6.33. The molecule has 1 unspecified atom stereocenters. The molecular weight excluding hydrogens is 408 g/mol. The first kappa shape index (κ1) is 21.4. The van der Waals surface area contributed by atoms with Gasteiger partial charge in [0, 0.05) is 14.1 Å². The lowest BCUT2D eigenvalue weighted by Crippen LogP contribution is -2.51. The minimum atomic E-state index is -0.730. The molecule has 0 saturated heterocycles. The van der Waals surface area contributed by atoms with Crippen molar-refractivity contribution >= 4 is 40.7 Å². The van der Waals surface area contributed by atoms with Gasteiger partial charge in [0.05, 0.1) is 36.0 Å². The second-order valence-corrected chi connectivity index (χ2v) is 7.25. The van der Waals surface area contributed by atoms with Crippen LogP contribution in [-0.2, 0) is 14.4 Å². The largest absolute Gasteiger partial charge is 0.477 e. The Bertz CT molecular complexity index is 952. The second-order valence-electron chi connectivity index (χ2n) is 6.85. The zero-order chi connectivity index (χ0) is 21.7. The molecule has 30 heavy (non-hydrogen) atoms. The summed E-state index contributed by atoms with van der Waals surface area (Å²) in [6.45, 7) is 0.0980. The van der Waals surface area contributed by atoms with Crippen LogP contribution in [0.15, 0.2) is 48.5 Å². The van der Waals surface area contributed by atoms with Crippen molar-refractivity contribution in [2.75, 3.05) is 43.9 Å². The van der Waals surface area contributed by atoms with Crippen molar-refractivity contribution in [3.8, 4) is 5.75 Å². The predicted octanol–water partition coefficient (Wildman–Crippen LogP) is 1.75. The van der Waals surface area contributed by atoms with Gasteiger partial charge in [0.15, 0.2) is 6.10 Å². The number of halogens is 1. The molecule has 1 heterocycles. The van der Waals surface area contributed by atoms with E-state index < -0.39 is 6.10 Å². The summed E-state index contributed by atoms with van der Waals surface area (Å²) >= 11 is 6.05. The van der Waals surface area contributed by atoms with E-state index in [1.807, 2.05) is 12.1 Å². The van der Waals surface area contributed by atoms with E-state index in [2.05, 4.69) is 10.6 Å². The molecule has 158 valence electrons. The summed E-state index contributed by atoms with van der Waals surface area (Å²) in [4.78, 5) is 40.2. The topological polar surface area (TPSA) is 91.0 Å². The van der Waals surface area contributed by atoms with E-state index in [4.69, 9.17) is 16.3 Å². The lowest BCUT2D eigenvalue weighted by molar-refractivity contribution is -0.132. The number of hydrogen-bond donors (Lipinski definition) is 2. The van der Waals surface area contributed by atoms with Gasteiger partial charge in [-0.15, -0.1) is 0 Å². The summed E-state index contributed by atoms with van der Waals surface area (Å²) < 4.78 is 5.74. The molecule has 1 aliphatic rings. The molecule has 0 spiro atoms. The number of anilines is 2. The van der Waals surface area contributed by atoms with E-state index >= 15 is 0 Å². The van der Waals surface area contributed by atoms with Crippen LogP contribution in [0.5, 0.6) is 5.75 Å². The van der Waals surface area contributed by atoms with Crippen molar-refractivity contribution < 1.29 is 19.1 Å². The van der Waals surface area contributed by atoms with Gasteiger partial charge in [-0.3, -0.25) is 14.4 Å². The third-order valence-electron chi connectivity index (χ3n) is 4.68. The van der Waals surface area contributed by atoms with Crippen molar-refractivity contribution in [2.45, 2.75) is 6.10 Å². The van der Waals surface area contributed by atoms with E-state index in [1.54, 1.807) is 48.3 Å². The molecule has 0 fully saturated rings. The summed E-state index contributed by atoms with van der Waals surface area (Å²) in [5.41, 5.74) is 1.21. The fourth-order valence-corrected chi connectivity index (χ4v) is 3.28. The number of nitrogens with one attached hydrogen (secondary N) is 2.